The summed E-state index contributed by atoms with van der Waals surface area (Å²) in [5, 5.41) is 0.414. The number of hydrogen-bond donors (Lipinski definition) is 0. The lowest BCUT2D eigenvalue weighted by Gasteiger charge is -2.16. The summed E-state index contributed by atoms with van der Waals surface area (Å²) >= 11 is 5.51. The third-order valence-corrected chi connectivity index (χ3v) is 5.59. The molecular weight excluding hydrogens is 439 g/mol. The van der Waals surface area contributed by atoms with Crippen LogP contribution in [0.5, 0.6) is 11.5 Å². The topological polar surface area (TPSA) is 42.0 Å². The molecule has 1 saturated heterocycles. The molecule has 4 rings (SSSR count). The molecule has 0 spiro atoms. The number of thiocarbonyl (C=S) groups is 1. The normalized spacial score (nSPS) is 14.8. The smallest absolute Gasteiger partial charge is 0.281 e. The molecule has 5 nitrogen and oxygen atoms in total. The summed E-state index contributed by atoms with van der Waals surface area (Å²) in [5.41, 5.74) is 2.67. The number of para-hydroxylation sites is 1. The fourth-order valence-electron chi connectivity index (χ4n) is 3.51. The van der Waals surface area contributed by atoms with Crippen LogP contribution in [0.4, 0.5) is 10.1 Å². The number of anilines is 1. The van der Waals surface area contributed by atoms with E-state index in [2.05, 4.69) is 0 Å². The molecule has 0 unspecified atom stereocenters. The van der Waals surface area contributed by atoms with Crippen LogP contribution in [0.1, 0.15) is 18.1 Å². The van der Waals surface area contributed by atoms with Gasteiger partial charge in [0.25, 0.3) is 5.91 Å². The lowest BCUT2D eigenvalue weighted by molar-refractivity contribution is -0.114. The first-order chi connectivity index (χ1) is 16.0. The number of nitrogens with zero attached hydrogens (tertiary/aromatic N) is 2. The van der Waals surface area contributed by atoms with Crippen molar-refractivity contribution in [3.05, 3.63) is 95.4 Å². The fourth-order valence-corrected chi connectivity index (χ4v) is 3.80. The molecule has 3 aromatic carbocycles. The SMILES string of the molecule is CCOc1cc(/C=C2/C(=O)N(c3ccccc3)C(=S)N2C)ccc1OCc1cccc(F)c1. The molecule has 1 aliphatic rings. The summed E-state index contributed by atoms with van der Waals surface area (Å²) in [7, 11) is 1.77. The summed E-state index contributed by atoms with van der Waals surface area (Å²) in [6.07, 6.45) is 1.77. The van der Waals surface area contributed by atoms with Gasteiger partial charge in [-0.15, -0.1) is 0 Å². The van der Waals surface area contributed by atoms with Gasteiger partial charge in [0.1, 0.15) is 18.1 Å². The molecule has 0 bridgehead atoms. The molecule has 0 aliphatic carbocycles. The molecule has 0 aromatic heterocycles. The number of halogens is 1. The van der Waals surface area contributed by atoms with Crippen LogP contribution in [-0.2, 0) is 11.4 Å². The van der Waals surface area contributed by atoms with E-state index in [0.717, 1.165) is 16.8 Å². The van der Waals surface area contributed by atoms with Crippen LogP contribution in [0.15, 0.2) is 78.5 Å². The molecule has 0 atom stereocenters. The van der Waals surface area contributed by atoms with Gasteiger partial charge in [-0.2, -0.15) is 0 Å². The Kier molecular flexibility index (Phi) is 6.70. The minimum absolute atomic E-state index is 0.196. The van der Waals surface area contributed by atoms with E-state index >= 15 is 0 Å². The highest BCUT2D eigenvalue weighted by atomic mass is 32.1. The number of hydrogen-bond acceptors (Lipinski definition) is 4. The van der Waals surface area contributed by atoms with E-state index in [1.807, 2.05) is 49.4 Å². The molecule has 0 radical (unpaired) electrons. The van der Waals surface area contributed by atoms with Crippen LogP contribution < -0.4 is 14.4 Å². The Morgan fingerprint density at radius 1 is 0.970 bits per heavy atom. The van der Waals surface area contributed by atoms with Crippen molar-refractivity contribution in [1.82, 2.24) is 4.90 Å². The number of rotatable bonds is 7. The van der Waals surface area contributed by atoms with Gasteiger partial charge >= 0.3 is 0 Å². The first-order valence-electron chi connectivity index (χ1n) is 10.5. The second kappa shape index (κ2) is 9.83. The van der Waals surface area contributed by atoms with Crippen molar-refractivity contribution in [1.29, 1.82) is 0 Å². The highest BCUT2D eigenvalue weighted by molar-refractivity contribution is 7.80. The monoisotopic (exact) mass is 462 g/mol. The van der Waals surface area contributed by atoms with Gasteiger partial charge in [-0.05, 0) is 72.7 Å². The van der Waals surface area contributed by atoms with Crippen molar-refractivity contribution < 1.29 is 18.7 Å². The van der Waals surface area contributed by atoms with Crippen LogP contribution in [0.2, 0.25) is 0 Å². The van der Waals surface area contributed by atoms with Crippen LogP contribution >= 0.6 is 12.2 Å². The predicted octanol–water partition coefficient (Wildman–Crippen LogP) is 5.41. The Hall–Kier alpha value is -3.71. The Morgan fingerprint density at radius 3 is 2.48 bits per heavy atom. The Morgan fingerprint density at radius 2 is 1.76 bits per heavy atom. The maximum Gasteiger partial charge on any atom is 0.281 e. The van der Waals surface area contributed by atoms with Gasteiger partial charge < -0.3 is 14.4 Å². The number of ether oxygens (including phenoxy) is 2. The van der Waals surface area contributed by atoms with Crippen LogP contribution in [0, 0.1) is 5.82 Å². The second-order valence-corrected chi connectivity index (χ2v) is 7.77. The van der Waals surface area contributed by atoms with E-state index in [4.69, 9.17) is 21.7 Å². The van der Waals surface area contributed by atoms with Crippen LogP contribution in [0.25, 0.3) is 6.08 Å². The minimum Gasteiger partial charge on any atom is -0.490 e. The molecule has 0 N–H and O–H groups in total. The number of amides is 1. The molecule has 33 heavy (non-hydrogen) atoms. The van der Waals surface area contributed by atoms with Gasteiger partial charge in [0.2, 0.25) is 0 Å². The van der Waals surface area contributed by atoms with Gasteiger partial charge in [0.15, 0.2) is 16.6 Å². The van der Waals surface area contributed by atoms with Crippen LogP contribution in [0.3, 0.4) is 0 Å². The van der Waals surface area contributed by atoms with E-state index in [1.54, 1.807) is 36.2 Å². The summed E-state index contributed by atoms with van der Waals surface area (Å²) in [6.45, 7) is 2.53. The Bertz CT molecular complexity index is 1210. The zero-order valence-corrected chi connectivity index (χ0v) is 19.1. The van der Waals surface area contributed by atoms with E-state index in [9.17, 15) is 9.18 Å². The number of carbonyl (C=O) groups is 1. The van der Waals surface area contributed by atoms with Gasteiger partial charge in [-0.25, -0.2) is 4.39 Å². The maximum absolute atomic E-state index is 13.4. The van der Waals surface area contributed by atoms with Gasteiger partial charge in [0, 0.05) is 7.05 Å². The molecule has 1 fully saturated rings. The minimum atomic E-state index is -0.309. The third kappa shape index (κ3) is 4.88. The average molecular weight is 463 g/mol. The summed E-state index contributed by atoms with van der Waals surface area (Å²) < 4.78 is 25.1. The molecule has 3 aromatic rings. The summed E-state index contributed by atoms with van der Waals surface area (Å²) in [4.78, 5) is 16.3. The summed E-state index contributed by atoms with van der Waals surface area (Å²) in [6, 6.07) is 21.0. The number of likely N-dealkylation sites (N-methyl/N-ethyl adjacent to an activating group) is 1. The zero-order chi connectivity index (χ0) is 23.4. The largest absolute Gasteiger partial charge is 0.490 e. The molecule has 1 aliphatic heterocycles. The van der Waals surface area contributed by atoms with E-state index in [0.29, 0.717) is 28.9 Å². The standard InChI is InChI=1S/C26H23FN2O3S/c1-3-31-24-16-18(12-13-23(24)32-17-19-8-7-9-20(27)14-19)15-22-25(30)29(26(33)28(22)2)21-10-5-4-6-11-21/h4-16H,3,17H2,1-2H3/b22-15-. The molecule has 0 saturated carbocycles. The van der Waals surface area contributed by atoms with Crippen molar-refractivity contribution >= 4 is 35.0 Å². The fraction of sp³-hybridized carbons (Fsp3) is 0.154. The van der Waals surface area contributed by atoms with E-state index in [1.165, 1.54) is 17.0 Å². The first kappa shape index (κ1) is 22.5. The first-order valence-corrected chi connectivity index (χ1v) is 10.9. The van der Waals surface area contributed by atoms with Crippen molar-refractivity contribution in [2.75, 3.05) is 18.6 Å². The summed E-state index contributed by atoms with van der Waals surface area (Å²) in [5.74, 6) is 0.573. The molecule has 7 heteroatoms. The molecule has 1 amide bonds. The Balaban J connectivity index is 1.59. The lowest BCUT2D eigenvalue weighted by Crippen LogP contribution is -2.30. The predicted molar refractivity (Wildman–Crippen MR) is 131 cm³/mol. The van der Waals surface area contributed by atoms with Gasteiger partial charge in [0.05, 0.1) is 12.3 Å². The van der Waals surface area contributed by atoms with Gasteiger partial charge in [-0.3, -0.25) is 9.69 Å². The lowest BCUT2D eigenvalue weighted by atomic mass is 10.1. The molecular formula is C26H23FN2O3S. The number of carbonyl (C=O) groups excluding carboxylic acids is 1. The molecule has 168 valence electrons. The van der Waals surface area contributed by atoms with Crippen LogP contribution in [-0.4, -0.2) is 29.6 Å². The van der Waals surface area contributed by atoms with E-state index in [-0.39, 0.29) is 18.3 Å². The Labute approximate surface area is 197 Å². The third-order valence-electron chi connectivity index (χ3n) is 5.13. The van der Waals surface area contributed by atoms with Crippen molar-refractivity contribution in [3.8, 4) is 11.5 Å². The molecule has 1 heterocycles. The maximum atomic E-state index is 13.4. The van der Waals surface area contributed by atoms with E-state index < -0.39 is 0 Å². The quantitative estimate of drug-likeness (QED) is 0.347. The van der Waals surface area contributed by atoms with Gasteiger partial charge in [-0.1, -0.05) is 36.4 Å². The highest BCUT2D eigenvalue weighted by Gasteiger charge is 2.36. The average Bonchev–Trinajstić information content (AvgIpc) is 3.02. The highest BCUT2D eigenvalue weighted by Crippen LogP contribution is 2.32. The van der Waals surface area contributed by atoms with Crippen molar-refractivity contribution in [2.45, 2.75) is 13.5 Å². The second-order valence-electron chi connectivity index (χ2n) is 7.41. The number of benzene rings is 3. The van der Waals surface area contributed by atoms with Crippen molar-refractivity contribution in [3.63, 3.8) is 0 Å². The van der Waals surface area contributed by atoms with Crippen molar-refractivity contribution in [2.24, 2.45) is 0 Å². The zero-order valence-electron chi connectivity index (χ0n) is 18.3.